The first-order valence-electron chi connectivity index (χ1n) is 9.67. The molecule has 3 aromatic heterocycles. The lowest BCUT2D eigenvalue weighted by Crippen LogP contribution is -2.36. The van der Waals surface area contributed by atoms with Gasteiger partial charge in [-0.3, -0.25) is 0 Å². The van der Waals surface area contributed by atoms with Crippen LogP contribution in [0.25, 0.3) is 16.6 Å². The molecule has 7 nitrogen and oxygen atoms in total. The van der Waals surface area contributed by atoms with Gasteiger partial charge in [0.2, 0.25) is 0 Å². The van der Waals surface area contributed by atoms with Gasteiger partial charge in [-0.05, 0) is 36.4 Å². The summed E-state index contributed by atoms with van der Waals surface area (Å²) < 4.78 is 27.2. The summed E-state index contributed by atoms with van der Waals surface area (Å²) >= 11 is 0. The lowest BCUT2D eigenvalue weighted by Gasteiger charge is -2.27. The van der Waals surface area contributed by atoms with Gasteiger partial charge in [0.15, 0.2) is 17.3 Å². The fourth-order valence-corrected chi connectivity index (χ4v) is 3.49. The van der Waals surface area contributed by atoms with Crippen LogP contribution in [0.3, 0.4) is 0 Å². The van der Waals surface area contributed by atoms with Gasteiger partial charge in [0, 0.05) is 48.4 Å². The maximum Gasteiger partial charge on any atom is 0.167 e. The highest BCUT2D eigenvalue weighted by Gasteiger charge is 2.14. The van der Waals surface area contributed by atoms with Crippen LogP contribution in [-0.4, -0.2) is 40.9 Å². The molecule has 0 atom stereocenters. The predicted molar refractivity (Wildman–Crippen MR) is 112 cm³/mol. The molecule has 0 unspecified atom stereocenters. The number of nitrogens with two attached hydrogens (primary N) is 1. The van der Waals surface area contributed by atoms with Gasteiger partial charge >= 0.3 is 0 Å². The fourth-order valence-electron chi connectivity index (χ4n) is 3.49. The highest BCUT2D eigenvalue weighted by Crippen LogP contribution is 2.33. The number of benzene rings is 1. The van der Waals surface area contributed by atoms with E-state index in [1.807, 2.05) is 36.7 Å². The monoisotopic (exact) mass is 405 g/mol. The molecular formula is C22H20FN5O2. The molecule has 2 N–H and O–H groups in total. The summed E-state index contributed by atoms with van der Waals surface area (Å²) in [7, 11) is 0. The second kappa shape index (κ2) is 7.64. The number of halogens is 1. The summed E-state index contributed by atoms with van der Waals surface area (Å²) in [5.74, 6) is 0.994. The topological polar surface area (TPSA) is 77.9 Å². The molecule has 5 rings (SSSR count). The molecule has 4 heterocycles. The number of anilines is 2. The van der Waals surface area contributed by atoms with E-state index in [2.05, 4.69) is 15.0 Å². The molecule has 0 radical (unpaired) electrons. The van der Waals surface area contributed by atoms with Gasteiger partial charge < -0.3 is 20.1 Å². The Kier molecular flexibility index (Phi) is 4.68. The summed E-state index contributed by atoms with van der Waals surface area (Å²) in [4.78, 5) is 6.81. The normalized spacial score (nSPS) is 14.2. The number of rotatable bonds is 4. The van der Waals surface area contributed by atoms with E-state index in [9.17, 15) is 4.39 Å². The van der Waals surface area contributed by atoms with Crippen molar-refractivity contribution in [2.45, 2.75) is 0 Å². The largest absolute Gasteiger partial charge is 0.452 e. The Hall–Kier alpha value is -3.65. The molecule has 1 aliphatic heterocycles. The third-order valence-corrected chi connectivity index (χ3v) is 5.06. The van der Waals surface area contributed by atoms with Crippen molar-refractivity contribution in [2.75, 3.05) is 36.9 Å². The summed E-state index contributed by atoms with van der Waals surface area (Å²) in [6.07, 6.45) is 5.39. The van der Waals surface area contributed by atoms with Crippen molar-refractivity contribution in [2.24, 2.45) is 0 Å². The van der Waals surface area contributed by atoms with Crippen LogP contribution < -0.4 is 15.4 Å². The number of aromatic nitrogens is 3. The molecule has 1 aromatic carbocycles. The molecule has 30 heavy (non-hydrogen) atoms. The van der Waals surface area contributed by atoms with Crippen LogP contribution in [-0.2, 0) is 4.74 Å². The van der Waals surface area contributed by atoms with Crippen molar-refractivity contribution >= 4 is 17.0 Å². The van der Waals surface area contributed by atoms with E-state index in [1.54, 1.807) is 16.8 Å². The fraction of sp³-hybridized carbons (Fsp3) is 0.182. The average molecular weight is 405 g/mol. The van der Waals surface area contributed by atoms with Crippen molar-refractivity contribution in [1.29, 1.82) is 0 Å². The van der Waals surface area contributed by atoms with E-state index in [0.29, 0.717) is 24.7 Å². The molecule has 8 heteroatoms. The number of hydrogen-bond acceptors (Lipinski definition) is 6. The zero-order valence-electron chi connectivity index (χ0n) is 16.2. The molecule has 0 saturated carbocycles. The minimum Gasteiger partial charge on any atom is -0.452 e. The van der Waals surface area contributed by atoms with Gasteiger partial charge in [0.25, 0.3) is 0 Å². The first kappa shape index (κ1) is 18.4. The molecular weight excluding hydrogens is 385 g/mol. The molecule has 0 bridgehead atoms. The SMILES string of the molecule is Nc1ccc(Oc2cc(-c3ccc(N4CCOCC4)nc3)cn3nccc23)c(F)c1. The Bertz CT molecular complexity index is 1190. The molecule has 1 saturated heterocycles. The van der Waals surface area contributed by atoms with E-state index >= 15 is 0 Å². The smallest absolute Gasteiger partial charge is 0.167 e. The number of fused-ring (bicyclic) bond motifs is 1. The van der Waals surface area contributed by atoms with Gasteiger partial charge in [-0.2, -0.15) is 5.10 Å². The second-order valence-corrected chi connectivity index (χ2v) is 7.05. The van der Waals surface area contributed by atoms with E-state index in [-0.39, 0.29) is 5.75 Å². The van der Waals surface area contributed by atoms with Gasteiger partial charge in [0.05, 0.1) is 19.4 Å². The maximum absolute atomic E-state index is 14.3. The lowest BCUT2D eigenvalue weighted by atomic mass is 10.1. The Balaban J connectivity index is 1.49. The van der Waals surface area contributed by atoms with Crippen molar-refractivity contribution in [3.8, 4) is 22.6 Å². The first-order chi connectivity index (χ1) is 14.7. The highest BCUT2D eigenvalue weighted by molar-refractivity contribution is 5.71. The Morgan fingerprint density at radius 1 is 1.00 bits per heavy atom. The van der Waals surface area contributed by atoms with E-state index in [1.165, 1.54) is 12.1 Å². The minimum absolute atomic E-state index is 0.102. The Morgan fingerprint density at radius 2 is 1.87 bits per heavy atom. The second-order valence-electron chi connectivity index (χ2n) is 7.05. The Morgan fingerprint density at radius 3 is 2.63 bits per heavy atom. The van der Waals surface area contributed by atoms with Gasteiger partial charge in [-0.1, -0.05) is 0 Å². The molecule has 4 aromatic rings. The van der Waals surface area contributed by atoms with Crippen molar-refractivity contribution < 1.29 is 13.9 Å². The molecule has 1 aliphatic rings. The van der Waals surface area contributed by atoms with Crippen LogP contribution >= 0.6 is 0 Å². The first-order valence-corrected chi connectivity index (χ1v) is 9.67. The van der Waals surface area contributed by atoms with Gasteiger partial charge in [-0.25, -0.2) is 13.9 Å². The number of pyridine rings is 2. The zero-order chi connectivity index (χ0) is 20.5. The number of hydrogen-bond donors (Lipinski definition) is 1. The van der Waals surface area contributed by atoms with Crippen LogP contribution in [0, 0.1) is 5.82 Å². The quantitative estimate of drug-likeness (QED) is 0.521. The summed E-state index contributed by atoms with van der Waals surface area (Å²) in [5.41, 5.74) is 8.47. The highest BCUT2D eigenvalue weighted by atomic mass is 19.1. The number of nitrogens with zero attached hydrogens (tertiary/aromatic N) is 4. The third kappa shape index (κ3) is 3.53. The molecule has 0 amide bonds. The number of ether oxygens (including phenoxy) is 2. The van der Waals surface area contributed by atoms with Crippen LogP contribution in [0.15, 0.2) is 61.1 Å². The minimum atomic E-state index is -0.519. The number of nitrogen functional groups attached to an aromatic ring is 1. The lowest BCUT2D eigenvalue weighted by molar-refractivity contribution is 0.122. The average Bonchev–Trinajstić information content (AvgIpc) is 3.25. The summed E-state index contributed by atoms with van der Waals surface area (Å²) in [6.45, 7) is 3.08. The van der Waals surface area contributed by atoms with Crippen LogP contribution in [0.4, 0.5) is 15.9 Å². The Labute approximate surface area is 172 Å². The summed E-state index contributed by atoms with van der Waals surface area (Å²) in [6, 6.07) is 12.0. The molecule has 152 valence electrons. The standard InChI is InChI=1S/C22H20FN5O2/c23-18-12-17(24)2-3-20(18)30-21-11-16(14-28-19(21)5-6-26-28)15-1-4-22(25-13-15)27-7-9-29-10-8-27/h1-6,11-14H,7-10,24H2. The van der Waals surface area contributed by atoms with Crippen molar-refractivity contribution in [3.05, 3.63) is 66.9 Å². The van der Waals surface area contributed by atoms with Gasteiger partial charge in [-0.15, -0.1) is 0 Å². The summed E-state index contributed by atoms with van der Waals surface area (Å²) in [5, 5.41) is 4.32. The third-order valence-electron chi connectivity index (χ3n) is 5.06. The van der Waals surface area contributed by atoms with Crippen LogP contribution in [0.5, 0.6) is 11.5 Å². The number of morpholine rings is 1. The van der Waals surface area contributed by atoms with E-state index in [0.717, 1.165) is 35.6 Å². The maximum atomic E-state index is 14.3. The van der Waals surface area contributed by atoms with E-state index in [4.69, 9.17) is 15.2 Å². The van der Waals surface area contributed by atoms with Crippen LogP contribution in [0.1, 0.15) is 0 Å². The zero-order valence-corrected chi connectivity index (χ0v) is 16.2. The van der Waals surface area contributed by atoms with Crippen molar-refractivity contribution in [1.82, 2.24) is 14.6 Å². The van der Waals surface area contributed by atoms with Crippen LogP contribution in [0.2, 0.25) is 0 Å². The van der Waals surface area contributed by atoms with E-state index < -0.39 is 5.82 Å². The molecule has 0 spiro atoms. The van der Waals surface area contributed by atoms with Crippen molar-refractivity contribution in [3.63, 3.8) is 0 Å². The van der Waals surface area contributed by atoms with Gasteiger partial charge in [0.1, 0.15) is 11.3 Å². The molecule has 1 fully saturated rings. The predicted octanol–water partition coefficient (Wildman–Crippen LogP) is 3.75. The molecule has 0 aliphatic carbocycles.